The van der Waals surface area contributed by atoms with Crippen molar-refractivity contribution in [2.24, 2.45) is 0 Å². The van der Waals surface area contributed by atoms with Crippen LogP contribution in [0.1, 0.15) is 24.2 Å². The lowest BCUT2D eigenvalue weighted by atomic mass is 9.98. The predicted octanol–water partition coefficient (Wildman–Crippen LogP) is 2.60. The Kier molecular flexibility index (Phi) is 2.26. The van der Waals surface area contributed by atoms with Gasteiger partial charge in [-0.3, -0.25) is 0 Å². The van der Waals surface area contributed by atoms with Gasteiger partial charge in [-0.25, -0.2) is 0 Å². The molecular formula is C13H13N3O2. The highest BCUT2D eigenvalue weighted by Gasteiger charge is 2.21. The van der Waals surface area contributed by atoms with Gasteiger partial charge < -0.3 is 20.2 Å². The number of oxazole rings is 1. The molecule has 0 unspecified atom stereocenters. The molecule has 4 N–H and O–H groups in total. The van der Waals surface area contributed by atoms with E-state index in [1.54, 1.807) is 0 Å². The predicted molar refractivity (Wildman–Crippen MR) is 68.4 cm³/mol. The Morgan fingerprint density at radius 2 is 2.17 bits per heavy atom. The maximum atomic E-state index is 9.68. The van der Waals surface area contributed by atoms with E-state index in [4.69, 9.17) is 10.2 Å². The molecule has 0 spiro atoms. The number of nitrogen functional groups attached to an aromatic ring is 1. The van der Waals surface area contributed by atoms with Gasteiger partial charge in [0.1, 0.15) is 0 Å². The maximum Gasteiger partial charge on any atom is 0.295 e. The topological polar surface area (TPSA) is 88.1 Å². The van der Waals surface area contributed by atoms with Crippen molar-refractivity contribution in [2.45, 2.75) is 12.8 Å². The number of anilines is 1. The van der Waals surface area contributed by atoms with Crippen LogP contribution in [0.2, 0.25) is 0 Å². The summed E-state index contributed by atoms with van der Waals surface area (Å²) in [6, 6.07) is 7.95. The summed E-state index contributed by atoms with van der Waals surface area (Å²) in [4.78, 5) is 6.87. The zero-order valence-corrected chi connectivity index (χ0v) is 9.84. The second-order valence-electron chi connectivity index (χ2n) is 4.25. The number of H-pyrrole nitrogens is 1. The van der Waals surface area contributed by atoms with Crippen LogP contribution in [0.3, 0.4) is 0 Å². The van der Waals surface area contributed by atoms with E-state index in [9.17, 15) is 5.11 Å². The Morgan fingerprint density at radius 3 is 2.89 bits per heavy atom. The summed E-state index contributed by atoms with van der Waals surface area (Å²) < 4.78 is 5.25. The van der Waals surface area contributed by atoms with Gasteiger partial charge in [-0.1, -0.05) is 25.1 Å². The zero-order valence-electron chi connectivity index (χ0n) is 9.84. The minimum absolute atomic E-state index is 0.0193. The van der Waals surface area contributed by atoms with Crippen molar-refractivity contribution < 1.29 is 9.52 Å². The van der Waals surface area contributed by atoms with Gasteiger partial charge in [-0.15, -0.1) is 0 Å². The highest BCUT2D eigenvalue weighted by Crippen LogP contribution is 2.35. The molecule has 0 saturated heterocycles. The van der Waals surface area contributed by atoms with E-state index in [2.05, 4.69) is 9.97 Å². The molecule has 18 heavy (non-hydrogen) atoms. The van der Waals surface area contributed by atoms with E-state index in [0.29, 0.717) is 5.76 Å². The molecule has 0 aliphatic heterocycles. The molecular weight excluding hydrogens is 230 g/mol. The van der Waals surface area contributed by atoms with Crippen LogP contribution < -0.4 is 5.73 Å². The molecule has 0 amide bonds. The summed E-state index contributed by atoms with van der Waals surface area (Å²) in [5, 5.41) is 10.8. The van der Waals surface area contributed by atoms with Crippen molar-refractivity contribution in [3.63, 3.8) is 0 Å². The second-order valence-corrected chi connectivity index (χ2v) is 4.25. The molecule has 2 heterocycles. The first kappa shape index (κ1) is 10.7. The highest BCUT2D eigenvalue weighted by atomic mass is 16.4. The molecule has 1 atom stereocenters. The number of nitrogens with one attached hydrogen (secondary N) is 1. The maximum absolute atomic E-state index is 9.68. The standard InChI is InChI=1S/C13H13N3O2/c1-7(11-12(17)16-13(14)18-11)9-6-15-10-5-3-2-4-8(9)10/h2-7,15,17H,1H3,(H2,14,16)/t7-/m1/s1. The van der Waals surface area contributed by atoms with Crippen LogP contribution in [0.15, 0.2) is 34.9 Å². The van der Waals surface area contributed by atoms with Crippen molar-refractivity contribution in [1.82, 2.24) is 9.97 Å². The number of nitrogens with zero attached hydrogens (tertiary/aromatic N) is 1. The lowest BCUT2D eigenvalue weighted by Gasteiger charge is -2.06. The Labute approximate surface area is 103 Å². The molecule has 0 bridgehead atoms. The number of hydrogen-bond acceptors (Lipinski definition) is 4. The summed E-state index contributed by atoms with van der Waals surface area (Å²) in [6.07, 6.45) is 1.91. The first-order valence-electron chi connectivity index (χ1n) is 5.68. The van der Waals surface area contributed by atoms with E-state index in [1.165, 1.54) is 0 Å². The molecule has 5 heteroatoms. The SMILES string of the molecule is C[C@@H](c1oc(N)nc1O)c1c[nH]c2ccccc12. The molecule has 92 valence electrons. The minimum Gasteiger partial charge on any atom is -0.491 e. The highest BCUT2D eigenvalue weighted by molar-refractivity contribution is 5.84. The zero-order chi connectivity index (χ0) is 12.7. The van der Waals surface area contributed by atoms with Gasteiger partial charge in [0, 0.05) is 23.0 Å². The number of benzene rings is 1. The molecule has 3 rings (SSSR count). The van der Waals surface area contributed by atoms with Gasteiger partial charge in [0.25, 0.3) is 11.9 Å². The third kappa shape index (κ3) is 1.52. The van der Waals surface area contributed by atoms with Crippen molar-refractivity contribution in [3.05, 3.63) is 41.8 Å². The Morgan fingerprint density at radius 1 is 1.39 bits per heavy atom. The van der Waals surface area contributed by atoms with Crippen LogP contribution in [-0.2, 0) is 0 Å². The normalized spacial score (nSPS) is 12.9. The van der Waals surface area contributed by atoms with Crippen molar-refractivity contribution in [3.8, 4) is 5.88 Å². The molecule has 0 aliphatic carbocycles. The molecule has 0 fully saturated rings. The third-order valence-electron chi connectivity index (χ3n) is 3.13. The Hall–Kier alpha value is -2.43. The molecule has 1 aromatic carbocycles. The fourth-order valence-electron chi connectivity index (χ4n) is 2.22. The Bertz CT molecular complexity index is 699. The molecule has 0 saturated carbocycles. The first-order chi connectivity index (χ1) is 8.66. The number of hydrogen-bond donors (Lipinski definition) is 3. The lowest BCUT2D eigenvalue weighted by Crippen LogP contribution is -1.93. The number of aromatic amines is 1. The molecule has 3 aromatic rings. The lowest BCUT2D eigenvalue weighted by molar-refractivity contribution is 0.422. The first-order valence-corrected chi connectivity index (χ1v) is 5.68. The monoisotopic (exact) mass is 243 g/mol. The van der Waals surface area contributed by atoms with Crippen molar-refractivity contribution in [2.75, 3.05) is 5.73 Å². The molecule has 0 aliphatic rings. The van der Waals surface area contributed by atoms with Crippen LogP contribution in [-0.4, -0.2) is 15.1 Å². The number of fused-ring (bicyclic) bond motifs is 1. The van der Waals surface area contributed by atoms with Crippen molar-refractivity contribution >= 4 is 16.9 Å². The van der Waals surface area contributed by atoms with Crippen LogP contribution in [0.25, 0.3) is 10.9 Å². The van der Waals surface area contributed by atoms with Crippen molar-refractivity contribution in [1.29, 1.82) is 0 Å². The summed E-state index contributed by atoms with van der Waals surface area (Å²) in [5.74, 6) is 0.119. The average molecular weight is 243 g/mol. The van der Waals surface area contributed by atoms with E-state index in [1.807, 2.05) is 37.4 Å². The van der Waals surface area contributed by atoms with Crippen LogP contribution in [0, 0.1) is 0 Å². The smallest absolute Gasteiger partial charge is 0.295 e. The van der Waals surface area contributed by atoms with E-state index in [-0.39, 0.29) is 17.8 Å². The quantitative estimate of drug-likeness (QED) is 0.645. The minimum atomic E-state index is -0.148. The number of aromatic hydroxyl groups is 1. The molecule has 0 radical (unpaired) electrons. The molecule has 2 aromatic heterocycles. The van der Waals surface area contributed by atoms with Crippen LogP contribution in [0.4, 0.5) is 6.01 Å². The number of nitrogens with two attached hydrogens (primary N) is 1. The van der Waals surface area contributed by atoms with Gasteiger partial charge in [-0.2, -0.15) is 4.98 Å². The summed E-state index contributed by atoms with van der Waals surface area (Å²) in [7, 11) is 0. The molecule has 5 nitrogen and oxygen atoms in total. The second kappa shape index (κ2) is 3.80. The summed E-state index contributed by atoms with van der Waals surface area (Å²) in [5.41, 5.74) is 7.52. The van der Waals surface area contributed by atoms with Gasteiger partial charge in [0.15, 0.2) is 5.76 Å². The third-order valence-corrected chi connectivity index (χ3v) is 3.13. The summed E-state index contributed by atoms with van der Waals surface area (Å²) in [6.45, 7) is 1.94. The van der Waals surface area contributed by atoms with Gasteiger partial charge in [0.05, 0.1) is 0 Å². The number of aromatic nitrogens is 2. The van der Waals surface area contributed by atoms with E-state index < -0.39 is 0 Å². The van der Waals surface area contributed by atoms with E-state index in [0.717, 1.165) is 16.5 Å². The fourth-order valence-corrected chi connectivity index (χ4v) is 2.22. The largest absolute Gasteiger partial charge is 0.491 e. The Balaban J connectivity index is 2.12. The van der Waals surface area contributed by atoms with Crippen LogP contribution >= 0.6 is 0 Å². The average Bonchev–Trinajstić information content (AvgIpc) is 2.92. The fraction of sp³-hybridized carbons (Fsp3) is 0.154. The number of rotatable bonds is 2. The summed E-state index contributed by atoms with van der Waals surface area (Å²) >= 11 is 0. The van der Waals surface area contributed by atoms with Crippen LogP contribution in [0.5, 0.6) is 5.88 Å². The van der Waals surface area contributed by atoms with Gasteiger partial charge in [-0.05, 0) is 11.6 Å². The van der Waals surface area contributed by atoms with E-state index >= 15 is 0 Å². The van der Waals surface area contributed by atoms with Gasteiger partial charge in [0.2, 0.25) is 0 Å². The number of para-hydroxylation sites is 1. The van der Waals surface area contributed by atoms with Gasteiger partial charge >= 0.3 is 0 Å².